The van der Waals surface area contributed by atoms with Gasteiger partial charge in [-0.1, -0.05) is 12.1 Å². The first-order chi connectivity index (χ1) is 17.1. The SMILES string of the molecule is Cc1cc(Oc2ncnc3cc(N(C)C)ccc23)ccc1CC(=O)CCc1ccc(C(F)(F)F)nc1. The number of rotatable bonds is 8. The minimum atomic E-state index is -4.47. The van der Waals surface area contributed by atoms with Crippen molar-refractivity contribution >= 4 is 22.4 Å². The molecule has 2 aromatic heterocycles. The van der Waals surface area contributed by atoms with Gasteiger partial charge in [-0.3, -0.25) is 9.78 Å². The van der Waals surface area contributed by atoms with Crippen molar-refractivity contribution in [1.82, 2.24) is 15.0 Å². The smallest absolute Gasteiger partial charge is 0.433 e. The zero-order chi connectivity index (χ0) is 25.9. The fraction of sp³-hybridized carbons (Fsp3) is 0.259. The van der Waals surface area contributed by atoms with Crippen molar-refractivity contribution in [2.75, 3.05) is 19.0 Å². The summed E-state index contributed by atoms with van der Waals surface area (Å²) in [7, 11) is 3.92. The van der Waals surface area contributed by atoms with Crippen LogP contribution in [0.2, 0.25) is 0 Å². The number of benzene rings is 2. The van der Waals surface area contributed by atoms with Gasteiger partial charge in [0.1, 0.15) is 23.6 Å². The quantitative estimate of drug-likeness (QED) is 0.301. The molecule has 0 aliphatic rings. The number of halogens is 3. The molecule has 0 unspecified atom stereocenters. The predicted octanol–water partition coefficient (Wildman–Crippen LogP) is 5.95. The van der Waals surface area contributed by atoms with Crippen LogP contribution >= 0.6 is 0 Å². The average molecular weight is 495 g/mol. The molecule has 4 aromatic rings. The third kappa shape index (κ3) is 5.97. The number of alkyl halides is 3. The number of carbonyl (C=O) groups is 1. The topological polar surface area (TPSA) is 68.2 Å². The van der Waals surface area contributed by atoms with E-state index in [1.54, 1.807) is 6.07 Å². The van der Waals surface area contributed by atoms with Crippen molar-refractivity contribution in [2.45, 2.75) is 32.4 Å². The van der Waals surface area contributed by atoms with Gasteiger partial charge in [0.15, 0.2) is 0 Å². The Kier molecular flexibility index (Phi) is 7.19. The number of aromatic nitrogens is 3. The summed E-state index contributed by atoms with van der Waals surface area (Å²) in [4.78, 5) is 26.6. The Morgan fingerprint density at radius 1 is 1.00 bits per heavy atom. The highest BCUT2D eigenvalue weighted by atomic mass is 19.4. The second-order valence-corrected chi connectivity index (χ2v) is 8.73. The lowest BCUT2D eigenvalue weighted by Crippen LogP contribution is -2.09. The van der Waals surface area contributed by atoms with Crippen LogP contribution in [0, 0.1) is 6.92 Å². The van der Waals surface area contributed by atoms with Crippen LogP contribution < -0.4 is 9.64 Å². The van der Waals surface area contributed by atoms with E-state index in [0.29, 0.717) is 23.6 Å². The number of anilines is 1. The predicted molar refractivity (Wildman–Crippen MR) is 131 cm³/mol. The minimum Gasteiger partial charge on any atom is -0.438 e. The molecule has 9 heteroatoms. The number of nitrogens with zero attached hydrogens (tertiary/aromatic N) is 4. The molecule has 4 rings (SSSR count). The fourth-order valence-corrected chi connectivity index (χ4v) is 3.75. The summed E-state index contributed by atoms with van der Waals surface area (Å²) in [6.45, 7) is 1.90. The molecule has 0 radical (unpaired) electrons. The van der Waals surface area contributed by atoms with Crippen LogP contribution in [0.15, 0.2) is 61.1 Å². The summed E-state index contributed by atoms with van der Waals surface area (Å²) in [6.07, 6.45) is -1.07. The van der Waals surface area contributed by atoms with Crippen LogP contribution in [-0.2, 0) is 23.8 Å². The van der Waals surface area contributed by atoms with Crippen LogP contribution in [0.25, 0.3) is 10.9 Å². The normalized spacial score (nSPS) is 11.5. The molecule has 0 aliphatic carbocycles. The molecular weight excluding hydrogens is 469 g/mol. The summed E-state index contributed by atoms with van der Waals surface area (Å²) in [6, 6.07) is 13.6. The van der Waals surface area contributed by atoms with Crippen LogP contribution in [0.1, 0.15) is 28.8 Å². The van der Waals surface area contributed by atoms with Gasteiger partial charge in [0, 0.05) is 38.8 Å². The molecule has 0 bridgehead atoms. The van der Waals surface area contributed by atoms with Crippen molar-refractivity contribution in [3.8, 4) is 11.6 Å². The first-order valence-electron chi connectivity index (χ1n) is 11.3. The number of Topliss-reactive ketones (excluding diaryl/α,β-unsaturated/α-hetero) is 1. The van der Waals surface area contributed by atoms with E-state index in [1.807, 2.05) is 56.3 Å². The lowest BCUT2D eigenvalue weighted by molar-refractivity contribution is -0.141. The van der Waals surface area contributed by atoms with E-state index in [1.165, 1.54) is 18.6 Å². The maximum Gasteiger partial charge on any atom is 0.433 e. The van der Waals surface area contributed by atoms with E-state index in [2.05, 4.69) is 15.0 Å². The number of hydrogen-bond donors (Lipinski definition) is 0. The van der Waals surface area contributed by atoms with Gasteiger partial charge in [0.05, 0.1) is 10.9 Å². The van der Waals surface area contributed by atoms with Gasteiger partial charge in [0.2, 0.25) is 5.88 Å². The Hall–Kier alpha value is -4.01. The lowest BCUT2D eigenvalue weighted by Gasteiger charge is -2.14. The van der Waals surface area contributed by atoms with E-state index < -0.39 is 11.9 Å². The Labute approximate surface area is 206 Å². The molecule has 0 aliphatic heterocycles. The molecule has 36 heavy (non-hydrogen) atoms. The highest BCUT2D eigenvalue weighted by molar-refractivity contribution is 5.86. The van der Waals surface area contributed by atoms with Crippen LogP contribution in [0.4, 0.5) is 18.9 Å². The van der Waals surface area contributed by atoms with Crippen molar-refractivity contribution in [3.05, 3.63) is 83.4 Å². The Bertz CT molecular complexity index is 1390. The van der Waals surface area contributed by atoms with Crippen molar-refractivity contribution < 1.29 is 22.7 Å². The molecule has 2 heterocycles. The number of aryl methyl sites for hydroxylation is 2. The largest absolute Gasteiger partial charge is 0.438 e. The molecule has 0 spiro atoms. The maximum absolute atomic E-state index is 12.6. The van der Waals surface area contributed by atoms with E-state index in [-0.39, 0.29) is 18.6 Å². The molecule has 0 N–H and O–H groups in total. The number of pyridine rings is 1. The molecule has 0 amide bonds. The second kappa shape index (κ2) is 10.3. The standard InChI is InChI=1S/C27H25F3N4O2/c1-17-12-22(36-26-23-10-7-20(34(2)3)14-24(23)32-16-33-26)9-6-19(17)13-21(35)8-4-18-5-11-25(31-15-18)27(28,29)30/h5-7,9-12,14-16H,4,8,13H2,1-3H3. The van der Waals surface area contributed by atoms with Crippen molar-refractivity contribution in [2.24, 2.45) is 0 Å². The molecule has 0 saturated carbocycles. The Morgan fingerprint density at radius 3 is 2.47 bits per heavy atom. The van der Waals surface area contributed by atoms with Gasteiger partial charge in [-0.15, -0.1) is 0 Å². The van der Waals surface area contributed by atoms with Crippen LogP contribution in [-0.4, -0.2) is 34.8 Å². The highest BCUT2D eigenvalue weighted by Crippen LogP contribution is 2.30. The third-order valence-corrected chi connectivity index (χ3v) is 5.82. The summed E-state index contributed by atoms with van der Waals surface area (Å²) in [5.41, 5.74) is 3.20. The maximum atomic E-state index is 12.6. The van der Waals surface area contributed by atoms with Crippen LogP contribution in [0.5, 0.6) is 11.6 Å². The van der Waals surface area contributed by atoms with Gasteiger partial charge in [-0.25, -0.2) is 9.97 Å². The van der Waals surface area contributed by atoms with E-state index in [4.69, 9.17) is 4.74 Å². The first kappa shape index (κ1) is 25.1. The van der Waals surface area contributed by atoms with Crippen molar-refractivity contribution in [3.63, 3.8) is 0 Å². The zero-order valence-electron chi connectivity index (χ0n) is 20.1. The molecule has 0 fully saturated rings. The van der Waals surface area contributed by atoms with E-state index in [0.717, 1.165) is 33.8 Å². The van der Waals surface area contributed by atoms with Gasteiger partial charge in [0.25, 0.3) is 0 Å². The van der Waals surface area contributed by atoms with Gasteiger partial charge >= 0.3 is 6.18 Å². The first-order valence-corrected chi connectivity index (χ1v) is 11.3. The highest BCUT2D eigenvalue weighted by Gasteiger charge is 2.32. The second-order valence-electron chi connectivity index (χ2n) is 8.73. The molecule has 186 valence electrons. The summed E-state index contributed by atoms with van der Waals surface area (Å²) >= 11 is 0. The minimum absolute atomic E-state index is 0.00911. The molecule has 0 atom stereocenters. The third-order valence-electron chi connectivity index (χ3n) is 5.82. The number of carbonyl (C=O) groups excluding carboxylic acids is 1. The molecule has 6 nitrogen and oxygen atoms in total. The number of ether oxygens (including phenoxy) is 1. The molecule has 0 saturated heterocycles. The van der Waals surface area contributed by atoms with Gasteiger partial charge in [-0.05, 0) is 66.4 Å². The Balaban J connectivity index is 1.39. The molecular formula is C27H25F3N4O2. The summed E-state index contributed by atoms with van der Waals surface area (Å²) in [5.74, 6) is 1.03. The Morgan fingerprint density at radius 2 is 1.81 bits per heavy atom. The van der Waals surface area contributed by atoms with Gasteiger partial charge < -0.3 is 9.64 Å². The van der Waals surface area contributed by atoms with E-state index in [9.17, 15) is 18.0 Å². The van der Waals surface area contributed by atoms with Gasteiger partial charge in [-0.2, -0.15) is 13.2 Å². The summed E-state index contributed by atoms with van der Waals surface area (Å²) < 4.78 is 44.0. The molecule has 2 aromatic carbocycles. The lowest BCUT2D eigenvalue weighted by atomic mass is 9.99. The van der Waals surface area contributed by atoms with Crippen molar-refractivity contribution in [1.29, 1.82) is 0 Å². The summed E-state index contributed by atoms with van der Waals surface area (Å²) in [5, 5.41) is 0.790. The van der Waals surface area contributed by atoms with E-state index >= 15 is 0 Å². The zero-order valence-corrected chi connectivity index (χ0v) is 20.1. The number of ketones is 1. The number of hydrogen-bond acceptors (Lipinski definition) is 6. The monoisotopic (exact) mass is 494 g/mol. The average Bonchev–Trinajstić information content (AvgIpc) is 2.84. The number of fused-ring (bicyclic) bond motifs is 1. The van der Waals surface area contributed by atoms with Crippen LogP contribution in [0.3, 0.4) is 0 Å². The fourth-order valence-electron chi connectivity index (χ4n) is 3.75.